The van der Waals surface area contributed by atoms with Gasteiger partial charge in [0.25, 0.3) is 0 Å². The zero-order chi connectivity index (χ0) is 30.8. The van der Waals surface area contributed by atoms with Gasteiger partial charge in [-0.25, -0.2) is 18.4 Å². The fraction of sp³-hybridized carbons (Fsp3) is 0.387. The summed E-state index contributed by atoms with van der Waals surface area (Å²) in [4.78, 5) is 43.8. The molecule has 6 rings (SSSR count). The maximum absolute atomic E-state index is 14.6. The molecule has 2 fully saturated rings. The van der Waals surface area contributed by atoms with Crippen LogP contribution in [0.15, 0.2) is 72.0 Å². The standard InChI is InChI=1S/C31H34N6O5S2/c1-35-16-17-36(20-27(35)30(39)40)44(41,42)24-12-10-22(11-13-24)25(18-21-6-2-3-7-21)29(38)37(23-8-4-14-32-19-23)31-34-26-9-5-15-33-28(26)43-31/h4-5,8-15,19,21,25,27H,2-3,6-7,16-18,20H2,1H3,(H,39,40)/t25?,27-/m1/s1. The number of hydrogen-bond donors (Lipinski definition) is 1. The van der Waals surface area contributed by atoms with Gasteiger partial charge in [0, 0.05) is 32.0 Å². The molecule has 0 bridgehead atoms. The third-order valence-electron chi connectivity index (χ3n) is 8.63. The van der Waals surface area contributed by atoms with Crippen LogP contribution in [0.5, 0.6) is 0 Å². The van der Waals surface area contributed by atoms with Crippen LogP contribution < -0.4 is 4.90 Å². The number of anilines is 2. The zero-order valence-electron chi connectivity index (χ0n) is 24.3. The fourth-order valence-corrected chi connectivity index (χ4v) is 8.51. The van der Waals surface area contributed by atoms with E-state index >= 15 is 0 Å². The van der Waals surface area contributed by atoms with Crippen LogP contribution in [0.1, 0.15) is 43.6 Å². The Morgan fingerprint density at radius 3 is 2.50 bits per heavy atom. The number of benzene rings is 1. The number of nitrogens with zero attached hydrogens (tertiary/aromatic N) is 6. The van der Waals surface area contributed by atoms with Gasteiger partial charge in [0.1, 0.15) is 16.4 Å². The first-order valence-corrected chi connectivity index (χ1v) is 17.0. The molecule has 1 unspecified atom stereocenters. The van der Waals surface area contributed by atoms with E-state index in [0.717, 1.165) is 36.1 Å². The number of carboxylic acid groups (broad SMARTS) is 1. The number of rotatable bonds is 9. The Morgan fingerprint density at radius 1 is 1.07 bits per heavy atom. The van der Waals surface area contributed by atoms with E-state index < -0.39 is 28.0 Å². The summed E-state index contributed by atoms with van der Waals surface area (Å²) in [5, 5.41) is 10.1. The Kier molecular flexibility index (Phi) is 8.72. The van der Waals surface area contributed by atoms with E-state index in [1.165, 1.54) is 27.8 Å². The van der Waals surface area contributed by atoms with Gasteiger partial charge in [-0.3, -0.25) is 24.4 Å². The van der Waals surface area contributed by atoms with Gasteiger partial charge in [-0.1, -0.05) is 49.2 Å². The Labute approximate surface area is 260 Å². The van der Waals surface area contributed by atoms with E-state index in [1.54, 1.807) is 53.6 Å². The summed E-state index contributed by atoms with van der Waals surface area (Å²) in [6.45, 7) is 0.387. The molecule has 1 saturated heterocycles. The van der Waals surface area contributed by atoms with E-state index in [0.29, 0.717) is 35.2 Å². The summed E-state index contributed by atoms with van der Waals surface area (Å²) >= 11 is 1.33. The van der Waals surface area contributed by atoms with Crippen LogP contribution in [0, 0.1) is 5.92 Å². The second-order valence-corrected chi connectivity index (χ2v) is 14.3. The number of piperazine rings is 1. The normalized spacial score (nSPS) is 19.2. The predicted molar refractivity (Wildman–Crippen MR) is 167 cm³/mol. The summed E-state index contributed by atoms with van der Waals surface area (Å²) in [6, 6.07) is 12.9. The Bertz CT molecular complexity index is 1710. The third-order valence-corrected chi connectivity index (χ3v) is 11.5. The second-order valence-electron chi connectivity index (χ2n) is 11.4. The van der Waals surface area contributed by atoms with E-state index in [9.17, 15) is 23.1 Å². The van der Waals surface area contributed by atoms with Crippen molar-refractivity contribution in [2.75, 3.05) is 31.6 Å². The van der Waals surface area contributed by atoms with Gasteiger partial charge in [0.2, 0.25) is 15.9 Å². The highest BCUT2D eigenvalue weighted by Crippen LogP contribution is 2.40. The SMILES string of the molecule is CN1CCN(S(=O)(=O)c2ccc(C(CC3CCCC3)C(=O)N(c3cccnc3)c3nc4cccnc4s3)cc2)C[C@@H]1C(=O)O. The average molecular weight is 635 g/mol. The van der Waals surface area contributed by atoms with E-state index in [4.69, 9.17) is 4.98 Å². The minimum Gasteiger partial charge on any atom is -0.480 e. The summed E-state index contributed by atoms with van der Waals surface area (Å²) in [7, 11) is -2.25. The Morgan fingerprint density at radius 2 is 1.82 bits per heavy atom. The van der Waals surface area contributed by atoms with Crippen LogP contribution in [0.4, 0.5) is 10.8 Å². The number of likely N-dealkylation sites (N-methyl/N-ethyl adjacent to an activating group) is 1. The highest BCUT2D eigenvalue weighted by molar-refractivity contribution is 7.89. The molecule has 44 heavy (non-hydrogen) atoms. The first-order valence-electron chi connectivity index (χ1n) is 14.7. The number of amides is 1. The molecule has 1 aromatic carbocycles. The molecule has 4 aromatic rings. The molecule has 1 N–H and O–H groups in total. The lowest BCUT2D eigenvalue weighted by Crippen LogP contribution is -2.56. The maximum atomic E-state index is 14.6. The minimum atomic E-state index is -3.93. The lowest BCUT2D eigenvalue weighted by molar-refractivity contribution is -0.144. The molecule has 2 atom stereocenters. The van der Waals surface area contributed by atoms with Crippen molar-refractivity contribution >= 4 is 54.4 Å². The molecule has 0 spiro atoms. The summed E-state index contributed by atoms with van der Waals surface area (Å²) in [5.41, 5.74) is 2.01. The average Bonchev–Trinajstić information content (AvgIpc) is 3.70. The van der Waals surface area contributed by atoms with Crippen molar-refractivity contribution in [2.24, 2.45) is 5.92 Å². The second kappa shape index (κ2) is 12.7. The van der Waals surface area contributed by atoms with Crippen molar-refractivity contribution in [3.05, 3.63) is 72.7 Å². The van der Waals surface area contributed by atoms with E-state index in [-0.39, 0.29) is 23.9 Å². The molecule has 11 nitrogen and oxygen atoms in total. The third kappa shape index (κ3) is 6.09. The topological polar surface area (TPSA) is 137 Å². The molecule has 13 heteroatoms. The van der Waals surface area contributed by atoms with Gasteiger partial charge in [-0.2, -0.15) is 4.31 Å². The minimum absolute atomic E-state index is 0.0726. The Balaban J connectivity index is 1.34. The molecular weight excluding hydrogens is 601 g/mol. The van der Waals surface area contributed by atoms with Crippen molar-refractivity contribution in [2.45, 2.75) is 49.0 Å². The zero-order valence-corrected chi connectivity index (χ0v) is 26.0. The van der Waals surface area contributed by atoms with Crippen molar-refractivity contribution in [1.82, 2.24) is 24.2 Å². The molecule has 230 valence electrons. The quantitative estimate of drug-likeness (QED) is 0.282. The molecule has 1 amide bonds. The highest BCUT2D eigenvalue weighted by atomic mass is 32.2. The number of pyridine rings is 2. The van der Waals surface area contributed by atoms with Gasteiger partial charge in [0.05, 0.1) is 22.7 Å². The number of sulfonamides is 1. The van der Waals surface area contributed by atoms with Gasteiger partial charge < -0.3 is 5.11 Å². The van der Waals surface area contributed by atoms with Crippen LogP contribution in [-0.4, -0.2) is 82.3 Å². The highest BCUT2D eigenvalue weighted by Gasteiger charge is 2.37. The smallest absolute Gasteiger partial charge is 0.322 e. The van der Waals surface area contributed by atoms with Crippen LogP contribution >= 0.6 is 11.3 Å². The van der Waals surface area contributed by atoms with Crippen molar-refractivity contribution in [1.29, 1.82) is 0 Å². The van der Waals surface area contributed by atoms with Crippen molar-refractivity contribution in [3.63, 3.8) is 0 Å². The number of aliphatic carboxylic acids is 1. The van der Waals surface area contributed by atoms with Crippen LogP contribution in [0.3, 0.4) is 0 Å². The number of carbonyl (C=O) groups excluding carboxylic acids is 1. The first-order chi connectivity index (χ1) is 21.2. The lowest BCUT2D eigenvalue weighted by atomic mass is 9.87. The lowest BCUT2D eigenvalue weighted by Gasteiger charge is -2.36. The first kappa shape index (κ1) is 30.3. The molecular formula is C31H34N6O5S2. The number of carboxylic acids is 1. The van der Waals surface area contributed by atoms with Gasteiger partial charge in [-0.05, 0) is 61.3 Å². The maximum Gasteiger partial charge on any atom is 0.322 e. The van der Waals surface area contributed by atoms with E-state index in [2.05, 4.69) is 9.97 Å². The number of thiazole rings is 1. The van der Waals surface area contributed by atoms with Crippen molar-refractivity contribution < 1.29 is 23.1 Å². The van der Waals surface area contributed by atoms with Gasteiger partial charge >= 0.3 is 5.97 Å². The summed E-state index contributed by atoms with van der Waals surface area (Å²) in [6.07, 6.45) is 9.96. The molecule has 4 heterocycles. The van der Waals surface area contributed by atoms with E-state index in [1.807, 2.05) is 18.2 Å². The number of fused-ring (bicyclic) bond motifs is 1. The van der Waals surface area contributed by atoms with Crippen molar-refractivity contribution in [3.8, 4) is 0 Å². The molecule has 1 saturated carbocycles. The van der Waals surface area contributed by atoms with Crippen LogP contribution in [0.25, 0.3) is 10.3 Å². The molecule has 1 aliphatic carbocycles. The van der Waals surface area contributed by atoms with Crippen LogP contribution in [0.2, 0.25) is 0 Å². The largest absolute Gasteiger partial charge is 0.480 e. The molecule has 3 aromatic heterocycles. The number of carbonyl (C=O) groups is 2. The summed E-state index contributed by atoms with van der Waals surface area (Å²) in [5.74, 6) is -1.39. The van der Waals surface area contributed by atoms with Crippen LogP contribution in [-0.2, 0) is 19.6 Å². The molecule has 0 radical (unpaired) electrons. The van der Waals surface area contributed by atoms with Gasteiger partial charge in [0.15, 0.2) is 5.13 Å². The number of hydrogen-bond acceptors (Lipinski definition) is 9. The molecule has 1 aliphatic heterocycles. The molecule has 2 aliphatic rings. The summed E-state index contributed by atoms with van der Waals surface area (Å²) < 4.78 is 28.3. The monoisotopic (exact) mass is 634 g/mol. The van der Waals surface area contributed by atoms with Gasteiger partial charge in [-0.15, -0.1) is 0 Å². The number of aromatic nitrogens is 3. The Hall–Kier alpha value is -3.78. The fourth-order valence-electron chi connectivity index (χ4n) is 6.14. The predicted octanol–water partition coefficient (Wildman–Crippen LogP) is 4.50.